The lowest BCUT2D eigenvalue weighted by Crippen LogP contribution is -2.16. The maximum Gasteiger partial charge on any atom is 0.234 e. The van der Waals surface area contributed by atoms with Crippen molar-refractivity contribution in [3.05, 3.63) is 76.6 Å². The molecule has 162 valence electrons. The van der Waals surface area contributed by atoms with Gasteiger partial charge >= 0.3 is 0 Å². The normalized spacial score (nSPS) is 10.7. The Morgan fingerprint density at radius 2 is 1.94 bits per heavy atom. The van der Waals surface area contributed by atoms with Gasteiger partial charge in [0.2, 0.25) is 5.91 Å². The van der Waals surface area contributed by atoms with Crippen molar-refractivity contribution >= 4 is 35.0 Å². The fourth-order valence-electron chi connectivity index (χ4n) is 3.02. The van der Waals surface area contributed by atoms with Crippen LogP contribution in [0, 0.1) is 20.8 Å². The topological polar surface area (TPSA) is 69.0 Å². The number of anilines is 1. The first-order chi connectivity index (χ1) is 14.9. The standard InChI is InChI=1S/C23H25ClN4O2S/c1-5-11-28-20(13-30-18-9-10-19(24)17(4)12-18)26-27-23(28)31-14-21(29)25-22-15(2)7-6-8-16(22)3/h5-10,12H,1,11,13-14H2,2-4H3,(H,25,29). The minimum absolute atomic E-state index is 0.0926. The van der Waals surface area contributed by atoms with Crippen LogP contribution in [0.25, 0.3) is 0 Å². The Morgan fingerprint density at radius 3 is 2.61 bits per heavy atom. The fourth-order valence-corrected chi connectivity index (χ4v) is 3.90. The first-order valence-electron chi connectivity index (χ1n) is 9.80. The zero-order chi connectivity index (χ0) is 22.4. The molecular weight excluding hydrogens is 432 g/mol. The van der Waals surface area contributed by atoms with Crippen molar-refractivity contribution in [2.24, 2.45) is 0 Å². The molecule has 1 N–H and O–H groups in total. The van der Waals surface area contributed by atoms with Gasteiger partial charge in [0.15, 0.2) is 11.0 Å². The molecule has 0 saturated carbocycles. The Labute approximate surface area is 191 Å². The number of aryl methyl sites for hydroxylation is 3. The molecule has 0 radical (unpaired) electrons. The van der Waals surface area contributed by atoms with Gasteiger partial charge in [0.1, 0.15) is 12.4 Å². The number of para-hydroxylation sites is 1. The summed E-state index contributed by atoms with van der Waals surface area (Å²) in [6.45, 7) is 10.5. The van der Waals surface area contributed by atoms with Crippen LogP contribution in [0.15, 0.2) is 54.2 Å². The van der Waals surface area contributed by atoms with Crippen molar-refractivity contribution in [2.45, 2.75) is 39.1 Å². The van der Waals surface area contributed by atoms with Crippen LogP contribution in [0.2, 0.25) is 5.02 Å². The number of hydrogen-bond acceptors (Lipinski definition) is 5. The highest BCUT2D eigenvalue weighted by atomic mass is 35.5. The zero-order valence-corrected chi connectivity index (χ0v) is 19.4. The fraction of sp³-hybridized carbons (Fsp3) is 0.261. The molecule has 3 rings (SSSR count). The number of allylic oxidation sites excluding steroid dienone is 1. The second kappa shape index (κ2) is 10.5. The molecule has 3 aromatic rings. The van der Waals surface area contributed by atoms with Gasteiger partial charge in [-0.15, -0.1) is 16.8 Å². The molecule has 0 aliphatic heterocycles. The molecule has 0 saturated heterocycles. The molecular formula is C23H25ClN4O2S. The van der Waals surface area contributed by atoms with E-state index >= 15 is 0 Å². The Hall–Kier alpha value is -2.77. The lowest BCUT2D eigenvalue weighted by atomic mass is 10.1. The molecule has 1 heterocycles. The van der Waals surface area contributed by atoms with Gasteiger partial charge in [-0.3, -0.25) is 9.36 Å². The summed E-state index contributed by atoms with van der Waals surface area (Å²) in [5, 5.41) is 12.8. The summed E-state index contributed by atoms with van der Waals surface area (Å²) in [4.78, 5) is 12.5. The molecule has 2 aromatic carbocycles. The zero-order valence-electron chi connectivity index (χ0n) is 17.8. The molecule has 0 unspecified atom stereocenters. The third-order valence-electron chi connectivity index (χ3n) is 4.68. The number of amides is 1. The van der Waals surface area contributed by atoms with Crippen molar-refractivity contribution in [3.8, 4) is 5.75 Å². The largest absolute Gasteiger partial charge is 0.486 e. The van der Waals surface area contributed by atoms with Crippen LogP contribution in [-0.2, 0) is 17.9 Å². The van der Waals surface area contributed by atoms with E-state index < -0.39 is 0 Å². The third kappa shape index (κ3) is 5.89. The van der Waals surface area contributed by atoms with E-state index in [0.717, 1.165) is 22.4 Å². The van der Waals surface area contributed by atoms with Crippen molar-refractivity contribution in [3.63, 3.8) is 0 Å². The molecule has 6 nitrogen and oxygen atoms in total. The predicted octanol–water partition coefficient (Wildman–Crippen LogP) is 5.35. The van der Waals surface area contributed by atoms with Crippen molar-refractivity contribution in [1.82, 2.24) is 14.8 Å². The molecule has 0 atom stereocenters. The second-order valence-electron chi connectivity index (χ2n) is 7.10. The maximum absolute atomic E-state index is 12.5. The monoisotopic (exact) mass is 456 g/mol. The van der Waals surface area contributed by atoms with Crippen molar-refractivity contribution in [2.75, 3.05) is 11.1 Å². The van der Waals surface area contributed by atoms with Crippen LogP contribution < -0.4 is 10.1 Å². The molecule has 1 amide bonds. The van der Waals surface area contributed by atoms with Gasteiger partial charge in [0.05, 0.1) is 5.75 Å². The van der Waals surface area contributed by atoms with Gasteiger partial charge in [-0.2, -0.15) is 0 Å². The van der Waals surface area contributed by atoms with E-state index in [1.54, 1.807) is 12.1 Å². The molecule has 31 heavy (non-hydrogen) atoms. The number of benzene rings is 2. The predicted molar refractivity (Wildman–Crippen MR) is 126 cm³/mol. The van der Waals surface area contributed by atoms with E-state index in [2.05, 4.69) is 22.1 Å². The molecule has 0 aliphatic carbocycles. The van der Waals surface area contributed by atoms with Crippen LogP contribution in [0.3, 0.4) is 0 Å². The number of carbonyl (C=O) groups excluding carboxylic acids is 1. The van der Waals surface area contributed by atoms with Crippen LogP contribution in [0.1, 0.15) is 22.5 Å². The van der Waals surface area contributed by atoms with Crippen LogP contribution >= 0.6 is 23.4 Å². The van der Waals surface area contributed by atoms with Gasteiger partial charge in [-0.25, -0.2) is 0 Å². The number of halogens is 1. The lowest BCUT2D eigenvalue weighted by Gasteiger charge is -2.12. The highest BCUT2D eigenvalue weighted by Crippen LogP contribution is 2.24. The number of nitrogens with zero attached hydrogens (tertiary/aromatic N) is 3. The summed E-state index contributed by atoms with van der Waals surface area (Å²) in [5.74, 6) is 1.49. The summed E-state index contributed by atoms with van der Waals surface area (Å²) >= 11 is 7.40. The Morgan fingerprint density at radius 1 is 1.19 bits per heavy atom. The first-order valence-corrected chi connectivity index (χ1v) is 11.2. The number of thioether (sulfide) groups is 1. The minimum Gasteiger partial charge on any atom is -0.486 e. The van der Waals surface area contributed by atoms with E-state index in [9.17, 15) is 4.79 Å². The Bertz CT molecular complexity index is 1080. The molecule has 0 aliphatic rings. The number of rotatable bonds is 9. The molecule has 0 spiro atoms. The van der Waals surface area contributed by atoms with Gasteiger partial charge < -0.3 is 10.1 Å². The van der Waals surface area contributed by atoms with Crippen molar-refractivity contribution in [1.29, 1.82) is 0 Å². The van der Waals surface area contributed by atoms with Gasteiger partial charge in [-0.1, -0.05) is 47.6 Å². The second-order valence-corrected chi connectivity index (χ2v) is 8.45. The van der Waals surface area contributed by atoms with Gasteiger partial charge in [0.25, 0.3) is 0 Å². The summed E-state index contributed by atoms with van der Waals surface area (Å²) in [6.07, 6.45) is 1.76. The van der Waals surface area contributed by atoms with E-state index in [-0.39, 0.29) is 18.3 Å². The Balaban J connectivity index is 1.64. The van der Waals surface area contributed by atoms with Crippen molar-refractivity contribution < 1.29 is 9.53 Å². The van der Waals surface area contributed by atoms with E-state index in [1.165, 1.54) is 11.8 Å². The summed E-state index contributed by atoms with van der Waals surface area (Å²) < 4.78 is 7.75. The summed E-state index contributed by atoms with van der Waals surface area (Å²) in [7, 11) is 0. The van der Waals surface area contributed by atoms with Crippen LogP contribution in [-0.4, -0.2) is 26.4 Å². The van der Waals surface area contributed by atoms with Gasteiger partial charge in [-0.05, 0) is 55.7 Å². The van der Waals surface area contributed by atoms with E-state index in [0.29, 0.717) is 28.3 Å². The number of carbonyl (C=O) groups is 1. The number of hydrogen-bond donors (Lipinski definition) is 1. The number of aromatic nitrogens is 3. The number of nitrogens with one attached hydrogen (secondary N) is 1. The highest BCUT2D eigenvalue weighted by molar-refractivity contribution is 7.99. The van der Waals surface area contributed by atoms with E-state index in [1.807, 2.05) is 55.7 Å². The quantitative estimate of drug-likeness (QED) is 0.347. The van der Waals surface area contributed by atoms with Gasteiger partial charge in [0, 0.05) is 17.3 Å². The SMILES string of the molecule is C=CCn1c(COc2ccc(Cl)c(C)c2)nnc1SCC(=O)Nc1c(C)cccc1C. The Kier molecular flexibility index (Phi) is 7.76. The summed E-state index contributed by atoms with van der Waals surface area (Å²) in [6, 6.07) is 11.4. The lowest BCUT2D eigenvalue weighted by molar-refractivity contribution is -0.113. The molecule has 0 fully saturated rings. The van der Waals surface area contributed by atoms with E-state index in [4.69, 9.17) is 16.3 Å². The van der Waals surface area contributed by atoms with Crippen LogP contribution in [0.5, 0.6) is 5.75 Å². The number of ether oxygens (including phenoxy) is 1. The first kappa shape index (κ1) is 22.9. The maximum atomic E-state index is 12.5. The molecule has 1 aromatic heterocycles. The van der Waals surface area contributed by atoms with Crippen LogP contribution in [0.4, 0.5) is 5.69 Å². The summed E-state index contributed by atoms with van der Waals surface area (Å²) in [5.41, 5.74) is 3.86. The average molecular weight is 457 g/mol. The highest BCUT2D eigenvalue weighted by Gasteiger charge is 2.15. The third-order valence-corrected chi connectivity index (χ3v) is 6.07. The minimum atomic E-state index is -0.0926. The molecule has 8 heteroatoms. The average Bonchev–Trinajstić information content (AvgIpc) is 3.12. The smallest absolute Gasteiger partial charge is 0.234 e. The molecule has 0 bridgehead atoms.